The van der Waals surface area contributed by atoms with Crippen LogP contribution in [0.25, 0.3) is 6.08 Å². The lowest BCUT2D eigenvalue weighted by atomic mass is 10.2. The molecule has 0 spiro atoms. The highest BCUT2D eigenvalue weighted by Gasteiger charge is 2.06. The third-order valence-corrected chi connectivity index (χ3v) is 3.26. The number of alkyl halides is 2. The molecule has 0 saturated carbocycles. The summed E-state index contributed by atoms with van der Waals surface area (Å²) in [4.78, 5) is 23.7. The van der Waals surface area contributed by atoms with Gasteiger partial charge in [0.25, 0.3) is 11.8 Å². The molecule has 0 aliphatic heterocycles. The maximum Gasteiger partial charge on any atom is 0.387 e. The van der Waals surface area contributed by atoms with Crippen molar-refractivity contribution in [2.75, 3.05) is 6.61 Å². The summed E-state index contributed by atoms with van der Waals surface area (Å²) in [6.07, 6.45) is 2.66. The monoisotopic (exact) mass is 376 g/mol. The number of carbonyl (C=O) groups is 2. The molecule has 8 heteroatoms. The second kappa shape index (κ2) is 9.91. The quantitative estimate of drug-likeness (QED) is 0.575. The lowest BCUT2D eigenvalue weighted by molar-refractivity contribution is -0.117. The molecule has 0 saturated heterocycles. The van der Waals surface area contributed by atoms with Gasteiger partial charge in [0.05, 0.1) is 6.61 Å². The zero-order valence-electron chi connectivity index (χ0n) is 14.4. The lowest BCUT2D eigenvalue weighted by Gasteiger charge is -2.07. The molecule has 2 rings (SSSR count). The first kappa shape index (κ1) is 19.9. The number of amides is 2. The molecule has 2 amide bonds. The van der Waals surface area contributed by atoms with Crippen LogP contribution in [0.2, 0.25) is 0 Å². The number of hydrogen-bond donors (Lipinski definition) is 2. The van der Waals surface area contributed by atoms with E-state index >= 15 is 0 Å². The first-order valence-corrected chi connectivity index (χ1v) is 8.04. The molecule has 2 N–H and O–H groups in total. The molecule has 0 atom stereocenters. The minimum atomic E-state index is -2.89. The number of hydrazine groups is 1. The van der Waals surface area contributed by atoms with E-state index in [1.807, 2.05) is 6.92 Å². The molecule has 2 aromatic carbocycles. The van der Waals surface area contributed by atoms with Crippen LogP contribution in [0.1, 0.15) is 22.8 Å². The van der Waals surface area contributed by atoms with Crippen LogP contribution in [0.15, 0.2) is 54.6 Å². The van der Waals surface area contributed by atoms with Crippen molar-refractivity contribution in [1.82, 2.24) is 10.9 Å². The molecule has 0 unspecified atom stereocenters. The summed E-state index contributed by atoms with van der Waals surface area (Å²) in [6, 6.07) is 12.2. The smallest absolute Gasteiger partial charge is 0.387 e. The van der Waals surface area contributed by atoms with Gasteiger partial charge < -0.3 is 9.47 Å². The van der Waals surface area contributed by atoms with Crippen LogP contribution in [0.4, 0.5) is 8.78 Å². The molecule has 0 aliphatic rings. The second-order valence-corrected chi connectivity index (χ2v) is 5.18. The molecule has 2 aromatic rings. The van der Waals surface area contributed by atoms with Gasteiger partial charge in [-0.05, 0) is 55.0 Å². The third kappa shape index (κ3) is 6.77. The fraction of sp³-hybridized carbons (Fsp3) is 0.158. The van der Waals surface area contributed by atoms with E-state index in [1.165, 1.54) is 36.4 Å². The Labute approximate surface area is 154 Å². The van der Waals surface area contributed by atoms with E-state index in [0.717, 1.165) is 0 Å². The molecular weight excluding hydrogens is 358 g/mol. The fourth-order valence-electron chi connectivity index (χ4n) is 2.03. The van der Waals surface area contributed by atoms with Gasteiger partial charge in [-0.3, -0.25) is 20.4 Å². The molecule has 0 radical (unpaired) electrons. The molecule has 0 aliphatic carbocycles. The standard InChI is InChI=1S/C19H18F2N2O4/c1-2-26-15-10-6-14(7-11-15)18(25)23-22-17(24)12-5-13-3-8-16(9-4-13)27-19(20)21/h3-12,19H,2H2,1H3,(H,22,24)(H,23,25)/b12-5+. The number of halogens is 2. The van der Waals surface area contributed by atoms with Crippen LogP contribution in [0, 0.1) is 0 Å². The maximum atomic E-state index is 12.1. The van der Waals surface area contributed by atoms with Crippen molar-refractivity contribution in [2.24, 2.45) is 0 Å². The topological polar surface area (TPSA) is 76.7 Å². The first-order valence-electron chi connectivity index (χ1n) is 8.04. The van der Waals surface area contributed by atoms with E-state index < -0.39 is 18.4 Å². The predicted molar refractivity (Wildman–Crippen MR) is 95.3 cm³/mol. The Morgan fingerprint density at radius 1 is 1.00 bits per heavy atom. The molecule has 0 fully saturated rings. The SMILES string of the molecule is CCOc1ccc(C(=O)NNC(=O)/C=C/c2ccc(OC(F)F)cc2)cc1. The fourth-order valence-corrected chi connectivity index (χ4v) is 2.03. The van der Waals surface area contributed by atoms with Gasteiger partial charge in [0.2, 0.25) is 0 Å². The van der Waals surface area contributed by atoms with Gasteiger partial charge in [0.15, 0.2) is 0 Å². The van der Waals surface area contributed by atoms with Crippen LogP contribution in [0.5, 0.6) is 11.5 Å². The summed E-state index contributed by atoms with van der Waals surface area (Å²) >= 11 is 0. The highest BCUT2D eigenvalue weighted by molar-refractivity contribution is 5.97. The lowest BCUT2D eigenvalue weighted by Crippen LogP contribution is -2.40. The molecule has 0 heterocycles. The second-order valence-electron chi connectivity index (χ2n) is 5.18. The normalized spacial score (nSPS) is 10.7. The van der Waals surface area contributed by atoms with E-state index in [4.69, 9.17) is 4.74 Å². The minimum absolute atomic E-state index is 0.0224. The number of benzene rings is 2. The highest BCUT2D eigenvalue weighted by Crippen LogP contribution is 2.15. The zero-order valence-corrected chi connectivity index (χ0v) is 14.4. The van der Waals surface area contributed by atoms with Gasteiger partial charge in [0.1, 0.15) is 11.5 Å². The minimum Gasteiger partial charge on any atom is -0.494 e. The van der Waals surface area contributed by atoms with Crippen molar-refractivity contribution < 1.29 is 27.8 Å². The number of nitrogens with one attached hydrogen (secondary N) is 2. The Bertz CT molecular complexity index is 790. The highest BCUT2D eigenvalue weighted by atomic mass is 19.3. The van der Waals surface area contributed by atoms with E-state index in [1.54, 1.807) is 24.3 Å². The average Bonchev–Trinajstić information content (AvgIpc) is 2.66. The van der Waals surface area contributed by atoms with Crippen molar-refractivity contribution in [1.29, 1.82) is 0 Å². The Kier molecular flexibility index (Phi) is 7.30. The van der Waals surface area contributed by atoms with Crippen LogP contribution < -0.4 is 20.3 Å². The first-order chi connectivity index (χ1) is 13.0. The summed E-state index contributed by atoms with van der Waals surface area (Å²) in [5, 5.41) is 0. The summed E-state index contributed by atoms with van der Waals surface area (Å²) in [5.74, 6) is -0.365. The summed E-state index contributed by atoms with van der Waals surface area (Å²) in [6.45, 7) is -0.512. The molecule has 6 nitrogen and oxygen atoms in total. The van der Waals surface area contributed by atoms with E-state index in [0.29, 0.717) is 23.5 Å². The Balaban J connectivity index is 1.82. The summed E-state index contributed by atoms with van der Waals surface area (Å²) in [7, 11) is 0. The van der Waals surface area contributed by atoms with Crippen molar-refractivity contribution in [2.45, 2.75) is 13.5 Å². The number of ether oxygens (including phenoxy) is 2. The van der Waals surface area contributed by atoms with E-state index in [2.05, 4.69) is 15.6 Å². The molecule has 27 heavy (non-hydrogen) atoms. The van der Waals surface area contributed by atoms with Gasteiger partial charge in [-0.15, -0.1) is 0 Å². The maximum absolute atomic E-state index is 12.1. The van der Waals surface area contributed by atoms with Gasteiger partial charge in [-0.1, -0.05) is 12.1 Å². The van der Waals surface area contributed by atoms with Crippen molar-refractivity contribution in [3.05, 3.63) is 65.7 Å². The predicted octanol–water partition coefficient (Wildman–Crippen LogP) is 3.16. The summed E-state index contributed by atoms with van der Waals surface area (Å²) < 4.78 is 33.7. The summed E-state index contributed by atoms with van der Waals surface area (Å²) in [5.41, 5.74) is 5.49. The Hall–Kier alpha value is -3.42. The number of carbonyl (C=O) groups excluding carboxylic acids is 2. The Morgan fingerprint density at radius 3 is 2.22 bits per heavy atom. The van der Waals surface area contributed by atoms with Crippen molar-refractivity contribution >= 4 is 17.9 Å². The van der Waals surface area contributed by atoms with Gasteiger partial charge in [-0.25, -0.2) is 0 Å². The van der Waals surface area contributed by atoms with Crippen LogP contribution >= 0.6 is 0 Å². The molecule has 0 aromatic heterocycles. The van der Waals surface area contributed by atoms with Gasteiger partial charge in [0, 0.05) is 11.6 Å². The Morgan fingerprint density at radius 2 is 1.63 bits per heavy atom. The van der Waals surface area contributed by atoms with Gasteiger partial charge >= 0.3 is 6.61 Å². The number of hydrogen-bond acceptors (Lipinski definition) is 4. The van der Waals surface area contributed by atoms with Crippen molar-refractivity contribution in [3.8, 4) is 11.5 Å². The van der Waals surface area contributed by atoms with Gasteiger partial charge in [-0.2, -0.15) is 8.78 Å². The largest absolute Gasteiger partial charge is 0.494 e. The zero-order chi connectivity index (χ0) is 19.6. The van der Waals surface area contributed by atoms with E-state index in [-0.39, 0.29) is 5.75 Å². The van der Waals surface area contributed by atoms with E-state index in [9.17, 15) is 18.4 Å². The average molecular weight is 376 g/mol. The third-order valence-electron chi connectivity index (χ3n) is 3.26. The van der Waals surface area contributed by atoms with Crippen molar-refractivity contribution in [3.63, 3.8) is 0 Å². The van der Waals surface area contributed by atoms with Crippen LogP contribution in [-0.2, 0) is 4.79 Å². The van der Waals surface area contributed by atoms with Crippen LogP contribution in [0.3, 0.4) is 0 Å². The number of rotatable bonds is 7. The van der Waals surface area contributed by atoms with Crippen LogP contribution in [-0.4, -0.2) is 25.0 Å². The molecule has 142 valence electrons. The molecule has 0 bridgehead atoms. The molecular formula is C19H18F2N2O4.